The third-order valence-corrected chi connectivity index (χ3v) is 5.14. The molecular weight excluding hydrogens is 352 g/mol. The van der Waals surface area contributed by atoms with Crippen molar-refractivity contribution in [1.82, 2.24) is 0 Å². The first-order valence-corrected chi connectivity index (χ1v) is 10.8. The van der Waals surface area contributed by atoms with Gasteiger partial charge in [0.25, 0.3) is 0 Å². The zero-order valence-electron chi connectivity index (χ0n) is 17.6. The van der Waals surface area contributed by atoms with E-state index >= 15 is 0 Å². The quantitative estimate of drug-likeness (QED) is 0.181. The first-order valence-electron chi connectivity index (χ1n) is 10.8. The fraction of sp³-hybridized carbons (Fsp3) is 0.625. The van der Waals surface area contributed by atoms with Gasteiger partial charge in [0.15, 0.2) is 6.29 Å². The predicted octanol–water partition coefficient (Wildman–Crippen LogP) is 6.36. The Labute approximate surface area is 170 Å². The average molecular weight is 389 g/mol. The van der Waals surface area contributed by atoms with Crippen molar-refractivity contribution in [3.05, 3.63) is 42.0 Å². The van der Waals surface area contributed by atoms with Crippen LogP contribution in [0.4, 0.5) is 0 Å². The van der Waals surface area contributed by atoms with Gasteiger partial charge >= 0.3 is 5.97 Å². The Bertz CT molecular complexity index is 585. The Morgan fingerprint density at radius 3 is 2.14 bits per heavy atom. The zero-order chi connectivity index (χ0) is 20.2. The van der Waals surface area contributed by atoms with Crippen LogP contribution in [-0.4, -0.2) is 19.2 Å². The monoisotopic (exact) mass is 388 g/mol. The Morgan fingerprint density at radius 1 is 1.00 bits per heavy atom. The molecule has 0 bridgehead atoms. The summed E-state index contributed by atoms with van der Waals surface area (Å²) >= 11 is 0. The molecular formula is C24H36O4. The lowest BCUT2D eigenvalue weighted by atomic mass is 10.0. The van der Waals surface area contributed by atoms with Crippen molar-refractivity contribution in [2.24, 2.45) is 5.92 Å². The van der Waals surface area contributed by atoms with Gasteiger partial charge in [-0.25, -0.2) is 4.79 Å². The zero-order valence-corrected chi connectivity index (χ0v) is 17.6. The smallest absolute Gasteiger partial charge is 0.338 e. The van der Waals surface area contributed by atoms with E-state index in [1.807, 2.05) is 12.1 Å². The summed E-state index contributed by atoms with van der Waals surface area (Å²) in [6, 6.07) is 7.28. The molecule has 1 saturated heterocycles. The van der Waals surface area contributed by atoms with Gasteiger partial charge in [-0.1, -0.05) is 77.0 Å². The fourth-order valence-electron chi connectivity index (χ4n) is 3.36. The van der Waals surface area contributed by atoms with Crippen LogP contribution in [0.1, 0.15) is 83.5 Å². The van der Waals surface area contributed by atoms with Crippen molar-refractivity contribution in [1.29, 1.82) is 0 Å². The molecule has 0 unspecified atom stereocenters. The number of unbranched alkanes of at least 4 members (excludes halogenated alkanes) is 7. The predicted molar refractivity (Wildman–Crippen MR) is 112 cm³/mol. The molecule has 1 aliphatic rings. The molecule has 1 aliphatic heterocycles. The van der Waals surface area contributed by atoms with Gasteiger partial charge in [-0.3, -0.25) is 0 Å². The van der Waals surface area contributed by atoms with E-state index in [0.717, 1.165) is 18.8 Å². The first kappa shape index (κ1) is 22.6. The Balaban J connectivity index is 1.61. The molecule has 4 heteroatoms. The van der Waals surface area contributed by atoms with Crippen molar-refractivity contribution in [3.63, 3.8) is 0 Å². The SMILES string of the molecule is C=C(C)C(=O)Oc1ccc(C2OCC(CCCCCCCCCC)CO2)cc1. The maximum atomic E-state index is 11.6. The third-order valence-electron chi connectivity index (χ3n) is 5.14. The maximum absolute atomic E-state index is 11.6. The highest BCUT2D eigenvalue weighted by atomic mass is 16.7. The highest BCUT2D eigenvalue weighted by Gasteiger charge is 2.23. The average Bonchev–Trinajstić information content (AvgIpc) is 2.71. The number of benzene rings is 1. The van der Waals surface area contributed by atoms with Crippen LogP contribution in [0, 0.1) is 5.92 Å². The molecule has 0 atom stereocenters. The molecule has 1 fully saturated rings. The largest absolute Gasteiger partial charge is 0.423 e. The second-order valence-electron chi connectivity index (χ2n) is 7.87. The number of ether oxygens (including phenoxy) is 3. The second-order valence-corrected chi connectivity index (χ2v) is 7.87. The lowest BCUT2D eigenvalue weighted by Gasteiger charge is -2.29. The van der Waals surface area contributed by atoms with E-state index in [-0.39, 0.29) is 6.29 Å². The summed E-state index contributed by atoms with van der Waals surface area (Å²) in [5.74, 6) is 0.578. The molecule has 0 saturated carbocycles. The normalized spacial score (nSPS) is 19.4. The number of hydrogen-bond acceptors (Lipinski definition) is 4. The summed E-state index contributed by atoms with van der Waals surface area (Å²) in [7, 11) is 0. The maximum Gasteiger partial charge on any atom is 0.338 e. The third kappa shape index (κ3) is 8.15. The molecule has 0 N–H and O–H groups in total. The molecule has 1 aromatic carbocycles. The molecule has 2 rings (SSSR count). The molecule has 4 nitrogen and oxygen atoms in total. The molecule has 28 heavy (non-hydrogen) atoms. The summed E-state index contributed by atoms with van der Waals surface area (Å²) in [6.45, 7) is 8.96. The van der Waals surface area contributed by atoms with Crippen molar-refractivity contribution in [3.8, 4) is 5.75 Å². The van der Waals surface area contributed by atoms with Gasteiger partial charge in [-0.2, -0.15) is 0 Å². The number of carbonyl (C=O) groups is 1. The van der Waals surface area contributed by atoms with E-state index in [1.54, 1.807) is 19.1 Å². The van der Waals surface area contributed by atoms with E-state index in [1.165, 1.54) is 57.8 Å². The van der Waals surface area contributed by atoms with E-state index in [4.69, 9.17) is 14.2 Å². The van der Waals surface area contributed by atoms with Crippen LogP contribution >= 0.6 is 0 Å². The molecule has 0 aliphatic carbocycles. The van der Waals surface area contributed by atoms with Crippen LogP contribution in [0.3, 0.4) is 0 Å². The van der Waals surface area contributed by atoms with Gasteiger partial charge in [0.1, 0.15) is 5.75 Å². The molecule has 0 spiro atoms. The van der Waals surface area contributed by atoms with E-state index < -0.39 is 5.97 Å². The van der Waals surface area contributed by atoms with Crippen LogP contribution in [0.15, 0.2) is 36.4 Å². The van der Waals surface area contributed by atoms with Crippen LogP contribution in [0.2, 0.25) is 0 Å². The summed E-state index contributed by atoms with van der Waals surface area (Å²) in [5.41, 5.74) is 1.33. The van der Waals surface area contributed by atoms with Crippen molar-refractivity contribution < 1.29 is 19.0 Å². The molecule has 0 amide bonds. The molecule has 0 aromatic heterocycles. The van der Waals surface area contributed by atoms with Gasteiger partial charge in [0, 0.05) is 17.1 Å². The lowest BCUT2D eigenvalue weighted by Crippen LogP contribution is -2.27. The summed E-state index contributed by atoms with van der Waals surface area (Å²) in [5, 5.41) is 0. The number of hydrogen-bond donors (Lipinski definition) is 0. The van der Waals surface area contributed by atoms with E-state index in [0.29, 0.717) is 17.2 Å². The lowest BCUT2D eigenvalue weighted by molar-refractivity contribution is -0.206. The molecule has 156 valence electrons. The van der Waals surface area contributed by atoms with Crippen molar-refractivity contribution in [2.75, 3.05) is 13.2 Å². The van der Waals surface area contributed by atoms with Crippen LogP contribution in [0.5, 0.6) is 5.75 Å². The van der Waals surface area contributed by atoms with Crippen LogP contribution in [-0.2, 0) is 14.3 Å². The number of carbonyl (C=O) groups excluding carboxylic acids is 1. The summed E-state index contributed by atoms with van der Waals surface area (Å²) in [4.78, 5) is 11.6. The minimum Gasteiger partial charge on any atom is -0.423 e. The molecule has 1 heterocycles. The minimum atomic E-state index is -0.415. The highest BCUT2D eigenvalue weighted by Crippen LogP contribution is 2.28. The summed E-state index contributed by atoms with van der Waals surface area (Å²) in [6.07, 6.45) is 11.6. The first-order chi connectivity index (χ1) is 13.6. The van der Waals surface area contributed by atoms with Gasteiger partial charge < -0.3 is 14.2 Å². The fourth-order valence-corrected chi connectivity index (χ4v) is 3.36. The van der Waals surface area contributed by atoms with E-state index in [9.17, 15) is 4.79 Å². The van der Waals surface area contributed by atoms with Gasteiger partial charge in [0.2, 0.25) is 0 Å². The van der Waals surface area contributed by atoms with Crippen molar-refractivity contribution in [2.45, 2.75) is 77.9 Å². The Morgan fingerprint density at radius 2 is 1.57 bits per heavy atom. The van der Waals surface area contributed by atoms with Gasteiger partial charge in [-0.15, -0.1) is 0 Å². The number of esters is 1. The topological polar surface area (TPSA) is 44.8 Å². The Hall–Kier alpha value is -1.65. The highest BCUT2D eigenvalue weighted by molar-refractivity contribution is 5.88. The minimum absolute atomic E-state index is 0.333. The van der Waals surface area contributed by atoms with Crippen LogP contribution in [0.25, 0.3) is 0 Å². The molecule has 1 aromatic rings. The standard InChI is InChI=1S/C24H36O4/c1-4-5-6-7-8-9-10-11-12-20-17-26-24(27-18-20)21-13-15-22(16-14-21)28-23(25)19(2)3/h13-16,20,24H,2,4-12,17-18H2,1,3H3. The van der Waals surface area contributed by atoms with Gasteiger partial charge in [0.05, 0.1) is 13.2 Å². The summed E-state index contributed by atoms with van der Waals surface area (Å²) < 4.78 is 17.0. The van der Waals surface area contributed by atoms with E-state index in [2.05, 4.69) is 13.5 Å². The van der Waals surface area contributed by atoms with Crippen LogP contribution < -0.4 is 4.74 Å². The Kier molecular flexibility index (Phi) is 10.3. The van der Waals surface area contributed by atoms with Gasteiger partial charge in [-0.05, 0) is 25.5 Å². The molecule has 0 radical (unpaired) electrons. The second kappa shape index (κ2) is 12.7. The number of rotatable bonds is 12. The van der Waals surface area contributed by atoms with Crippen molar-refractivity contribution >= 4 is 5.97 Å².